The van der Waals surface area contributed by atoms with Crippen molar-refractivity contribution in [3.63, 3.8) is 0 Å². The van der Waals surface area contributed by atoms with Crippen LogP contribution in [0.4, 0.5) is 5.69 Å². The number of methoxy groups -OCH3 is 1. The Morgan fingerprint density at radius 1 is 1.14 bits per heavy atom. The van der Waals surface area contributed by atoms with Gasteiger partial charge in [0.25, 0.3) is 10.0 Å². The van der Waals surface area contributed by atoms with Crippen molar-refractivity contribution >= 4 is 44.6 Å². The number of benzene rings is 2. The van der Waals surface area contributed by atoms with E-state index in [1.54, 1.807) is 36.4 Å². The first-order valence-electron chi connectivity index (χ1n) is 8.62. The van der Waals surface area contributed by atoms with Crippen LogP contribution in [-0.4, -0.2) is 28.0 Å². The molecule has 1 amide bonds. The molecule has 3 rings (SSSR count). The molecule has 0 spiro atoms. The number of rotatable bonds is 8. The van der Waals surface area contributed by atoms with Gasteiger partial charge < -0.3 is 10.1 Å². The van der Waals surface area contributed by atoms with Gasteiger partial charge in [-0.2, -0.15) is 0 Å². The predicted molar refractivity (Wildman–Crippen MR) is 115 cm³/mol. The lowest BCUT2D eigenvalue weighted by atomic mass is 10.3. The number of halogens is 1. The van der Waals surface area contributed by atoms with E-state index in [0.29, 0.717) is 12.3 Å². The molecule has 0 fully saturated rings. The van der Waals surface area contributed by atoms with Gasteiger partial charge in [-0.1, -0.05) is 35.9 Å². The normalized spacial score (nSPS) is 11.1. The summed E-state index contributed by atoms with van der Waals surface area (Å²) < 4.78 is 33.1. The fourth-order valence-electron chi connectivity index (χ4n) is 2.68. The number of ether oxygens (including phenoxy) is 1. The monoisotopic (exact) mass is 450 g/mol. The van der Waals surface area contributed by atoms with Gasteiger partial charge in [-0.25, -0.2) is 8.42 Å². The fourth-order valence-corrected chi connectivity index (χ4v) is 5.05. The number of sulfonamides is 1. The maximum absolute atomic E-state index is 13.4. The highest BCUT2D eigenvalue weighted by atomic mass is 35.5. The lowest BCUT2D eigenvalue weighted by Crippen LogP contribution is -2.40. The number of nitrogens with zero attached hydrogens (tertiary/aromatic N) is 1. The molecule has 2 aromatic carbocycles. The quantitative estimate of drug-likeness (QED) is 0.564. The van der Waals surface area contributed by atoms with Crippen LogP contribution in [0.25, 0.3) is 0 Å². The number of hydrogen-bond acceptors (Lipinski definition) is 5. The van der Waals surface area contributed by atoms with E-state index in [0.717, 1.165) is 9.18 Å². The Labute approximate surface area is 178 Å². The van der Waals surface area contributed by atoms with Crippen molar-refractivity contribution in [1.29, 1.82) is 0 Å². The molecule has 0 aliphatic heterocycles. The maximum atomic E-state index is 13.4. The lowest BCUT2D eigenvalue weighted by molar-refractivity contribution is -0.119. The van der Waals surface area contributed by atoms with Crippen molar-refractivity contribution in [2.24, 2.45) is 0 Å². The Morgan fingerprint density at radius 3 is 2.62 bits per heavy atom. The summed E-state index contributed by atoms with van der Waals surface area (Å²) in [6.45, 7) is -0.0753. The molecular formula is C20H19ClN2O4S2. The molecule has 0 saturated carbocycles. The van der Waals surface area contributed by atoms with Crippen LogP contribution in [0.2, 0.25) is 5.02 Å². The molecule has 0 aliphatic carbocycles. The van der Waals surface area contributed by atoms with Gasteiger partial charge in [-0.3, -0.25) is 9.10 Å². The van der Waals surface area contributed by atoms with Crippen LogP contribution in [0.3, 0.4) is 0 Å². The molecule has 1 N–H and O–H groups in total. The maximum Gasteiger partial charge on any atom is 0.264 e. The second kappa shape index (κ2) is 9.30. The van der Waals surface area contributed by atoms with Crippen molar-refractivity contribution in [3.05, 3.63) is 75.9 Å². The lowest BCUT2D eigenvalue weighted by Gasteiger charge is -2.25. The summed E-state index contributed by atoms with van der Waals surface area (Å²) in [6, 6.07) is 16.3. The Bertz CT molecular complexity index is 1090. The topological polar surface area (TPSA) is 75.7 Å². The van der Waals surface area contributed by atoms with Gasteiger partial charge in [0.05, 0.1) is 24.2 Å². The second-order valence-electron chi connectivity index (χ2n) is 6.00. The standard InChI is InChI=1S/C20H19ClN2O4S2/c1-27-19-10-3-2-9-18(19)23(14-20(24)22-13-16-7-5-11-28-16)29(25,26)17-8-4-6-15(21)12-17/h2-12H,13-14H2,1H3,(H,22,24). The third-order valence-corrected chi connectivity index (χ3v) is 6.93. The minimum atomic E-state index is -4.07. The highest BCUT2D eigenvalue weighted by Crippen LogP contribution is 2.32. The Balaban J connectivity index is 1.94. The summed E-state index contributed by atoms with van der Waals surface area (Å²) in [7, 11) is -2.62. The van der Waals surface area contributed by atoms with E-state index in [2.05, 4.69) is 5.32 Å². The largest absolute Gasteiger partial charge is 0.495 e. The number of para-hydroxylation sites is 2. The van der Waals surface area contributed by atoms with Crippen LogP contribution in [0.5, 0.6) is 5.75 Å². The van der Waals surface area contributed by atoms with E-state index in [4.69, 9.17) is 16.3 Å². The fraction of sp³-hybridized carbons (Fsp3) is 0.150. The molecule has 3 aromatic rings. The average molecular weight is 451 g/mol. The van der Waals surface area contributed by atoms with E-state index in [9.17, 15) is 13.2 Å². The minimum absolute atomic E-state index is 0.0121. The number of anilines is 1. The average Bonchev–Trinajstić information content (AvgIpc) is 3.24. The van der Waals surface area contributed by atoms with E-state index < -0.39 is 22.5 Å². The van der Waals surface area contributed by atoms with Crippen molar-refractivity contribution in [1.82, 2.24) is 5.32 Å². The van der Waals surface area contributed by atoms with E-state index in [1.807, 2.05) is 17.5 Å². The zero-order chi connectivity index (χ0) is 20.9. The molecule has 0 saturated heterocycles. The van der Waals surface area contributed by atoms with Crippen molar-refractivity contribution < 1.29 is 17.9 Å². The first kappa shape index (κ1) is 21.2. The van der Waals surface area contributed by atoms with Gasteiger partial charge in [0.1, 0.15) is 12.3 Å². The molecule has 6 nitrogen and oxygen atoms in total. The summed E-state index contributed by atoms with van der Waals surface area (Å²) in [4.78, 5) is 13.5. The highest BCUT2D eigenvalue weighted by molar-refractivity contribution is 7.92. The zero-order valence-electron chi connectivity index (χ0n) is 15.5. The number of hydrogen-bond donors (Lipinski definition) is 1. The van der Waals surface area contributed by atoms with Crippen LogP contribution < -0.4 is 14.4 Å². The van der Waals surface area contributed by atoms with Crippen LogP contribution in [0.1, 0.15) is 4.88 Å². The summed E-state index contributed by atoms with van der Waals surface area (Å²) >= 11 is 7.50. The molecule has 0 atom stereocenters. The van der Waals surface area contributed by atoms with E-state index >= 15 is 0 Å². The highest BCUT2D eigenvalue weighted by Gasteiger charge is 2.29. The number of amides is 1. The van der Waals surface area contributed by atoms with Crippen molar-refractivity contribution in [3.8, 4) is 5.75 Å². The van der Waals surface area contributed by atoms with E-state index in [1.165, 1.54) is 30.6 Å². The Morgan fingerprint density at radius 2 is 1.93 bits per heavy atom. The molecule has 1 heterocycles. The summed E-state index contributed by atoms with van der Waals surface area (Å²) in [5.41, 5.74) is 0.265. The minimum Gasteiger partial charge on any atom is -0.495 e. The smallest absolute Gasteiger partial charge is 0.264 e. The Kier molecular flexibility index (Phi) is 6.79. The van der Waals surface area contributed by atoms with Crippen LogP contribution in [0, 0.1) is 0 Å². The third kappa shape index (κ3) is 5.09. The molecule has 0 aliphatic rings. The SMILES string of the molecule is COc1ccccc1N(CC(=O)NCc1cccs1)S(=O)(=O)c1cccc(Cl)c1. The molecule has 9 heteroatoms. The van der Waals surface area contributed by atoms with Gasteiger partial charge in [-0.05, 0) is 41.8 Å². The number of carbonyl (C=O) groups excluding carboxylic acids is 1. The van der Waals surface area contributed by atoms with Crippen molar-refractivity contribution in [2.45, 2.75) is 11.4 Å². The number of carbonyl (C=O) groups is 1. The summed E-state index contributed by atoms with van der Waals surface area (Å²) in [5.74, 6) is -0.0981. The van der Waals surface area contributed by atoms with Gasteiger partial charge in [0.2, 0.25) is 5.91 Å². The predicted octanol–water partition coefficient (Wildman–Crippen LogP) is 3.92. The van der Waals surface area contributed by atoms with E-state index in [-0.39, 0.29) is 15.6 Å². The van der Waals surface area contributed by atoms with Crippen LogP contribution >= 0.6 is 22.9 Å². The van der Waals surface area contributed by atoms with Crippen LogP contribution in [0.15, 0.2) is 70.9 Å². The summed E-state index contributed by atoms with van der Waals surface area (Å²) in [5, 5.41) is 4.95. The molecule has 152 valence electrons. The van der Waals surface area contributed by atoms with Gasteiger partial charge in [0.15, 0.2) is 0 Å². The Hall–Kier alpha value is -2.55. The zero-order valence-corrected chi connectivity index (χ0v) is 17.9. The van der Waals surface area contributed by atoms with Gasteiger partial charge in [0, 0.05) is 9.90 Å². The molecule has 0 bridgehead atoms. The first-order valence-corrected chi connectivity index (χ1v) is 11.3. The summed E-state index contributed by atoms with van der Waals surface area (Å²) in [6.07, 6.45) is 0. The third-order valence-electron chi connectivity index (χ3n) is 4.07. The van der Waals surface area contributed by atoms with Gasteiger partial charge in [-0.15, -0.1) is 11.3 Å². The number of nitrogens with one attached hydrogen (secondary N) is 1. The molecule has 0 unspecified atom stereocenters. The first-order chi connectivity index (χ1) is 13.9. The number of thiophene rings is 1. The molecule has 0 radical (unpaired) electrons. The molecule has 29 heavy (non-hydrogen) atoms. The van der Waals surface area contributed by atoms with Crippen molar-refractivity contribution in [2.75, 3.05) is 18.0 Å². The van der Waals surface area contributed by atoms with Crippen LogP contribution in [-0.2, 0) is 21.4 Å². The molecular weight excluding hydrogens is 432 g/mol. The molecule has 1 aromatic heterocycles. The second-order valence-corrected chi connectivity index (χ2v) is 9.33. The van der Waals surface area contributed by atoms with Gasteiger partial charge >= 0.3 is 0 Å².